The van der Waals surface area contributed by atoms with Crippen LogP contribution in [0.25, 0.3) is 0 Å². The van der Waals surface area contributed by atoms with Crippen LogP contribution in [0.3, 0.4) is 0 Å². The average molecular weight is 421 g/mol. The molecule has 0 bridgehead atoms. The number of anilines is 2. The average Bonchev–Trinajstić information content (AvgIpc) is 2.77. The summed E-state index contributed by atoms with van der Waals surface area (Å²) in [4.78, 5) is 12.4. The summed E-state index contributed by atoms with van der Waals surface area (Å²) in [5.74, 6) is 2.03. The first-order chi connectivity index (χ1) is 15.1. The number of nitrogens with one attached hydrogen (secondary N) is 2. The van der Waals surface area contributed by atoms with Gasteiger partial charge >= 0.3 is 0 Å². The van der Waals surface area contributed by atoms with Crippen LogP contribution >= 0.6 is 0 Å². The Morgan fingerprint density at radius 2 is 1.52 bits per heavy atom. The molecule has 1 amide bonds. The van der Waals surface area contributed by atoms with E-state index in [4.69, 9.17) is 14.2 Å². The predicted molar refractivity (Wildman–Crippen MR) is 123 cm³/mol. The molecule has 0 aromatic heterocycles. The zero-order valence-corrected chi connectivity index (χ0v) is 17.8. The topological polar surface area (TPSA) is 68.8 Å². The Balaban J connectivity index is 1.45. The minimum absolute atomic E-state index is 0.0533. The number of hydrogen-bond donors (Lipinski definition) is 2. The van der Waals surface area contributed by atoms with Gasteiger partial charge in [0.15, 0.2) is 0 Å². The fourth-order valence-corrected chi connectivity index (χ4v) is 2.85. The van der Waals surface area contributed by atoms with Gasteiger partial charge in [-0.2, -0.15) is 0 Å². The van der Waals surface area contributed by atoms with Gasteiger partial charge < -0.3 is 24.8 Å². The molecule has 0 aliphatic carbocycles. The number of carbonyl (C=O) groups excluding carboxylic acids is 1. The van der Waals surface area contributed by atoms with E-state index in [1.54, 1.807) is 6.07 Å². The molecule has 3 aromatic carbocycles. The first-order valence-corrected chi connectivity index (χ1v) is 10.3. The zero-order valence-electron chi connectivity index (χ0n) is 17.8. The van der Waals surface area contributed by atoms with Crippen molar-refractivity contribution in [3.63, 3.8) is 0 Å². The van der Waals surface area contributed by atoms with Crippen LogP contribution in [-0.4, -0.2) is 31.8 Å². The molecule has 0 heterocycles. The second kappa shape index (κ2) is 11.5. The highest BCUT2D eigenvalue weighted by atomic mass is 16.5. The van der Waals surface area contributed by atoms with Crippen LogP contribution < -0.4 is 24.8 Å². The van der Waals surface area contributed by atoms with Crippen molar-refractivity contribution in [3.8, 4) is 17.2 Å². The summed E-state index contributed by atoms with van der Waals surface area (Å²) in [5, 5.41) is 6.00. The van der Waals surface area contributed by atoms with Gasteiger partial charge in [-0.05, 0) is 50.2 Å². The van der Waals surface area contributed by atoms with Gasteiger partial charge in [-0.3, -0.25) is 4.79 Å². The molecule has 2 N–H and O–H groups in total. The van der Waals surface area contributed by atoms with Crippen molar-refractivity contribution in [2.45, 2.75) is 20.0 Å². The fourth-order valence-electron chi connectivity index (χ4n) is 2.85. The van der Waals surface area contributed by atoms with Crippen molar-refractivity contribution in [1.29, 1.82) is 0 Å². The highest BCUT2D eigenvalue weighted by molar-refractivity contribution is 5.94. The number of para-hydroxylation sites is 3. The molecule has 0 spiro atoms. The van der Waals surface area contributed by atoms with Gasteiger partial charge in [-0.15, -0.1) is 0 Å². The Labute approximate surface area is 183 Å². The van der Waals surface area contributed by atoms with Crippen LogP contribution in [0.1, 0.15) is 13.8 Å². The van der Waals surface area contributed by atoms with Crippen molar-refractivity contribution < 1.29 is 19.0 Å². The van der Waals surface area contributed by atoms with Crippen molar-refractivity contribution in [2.75, 3.05) is 30.4 Å². The Morgan fingerprint density at radius 1 is 0.839 bits per heavy atom. The molecule has 0 fully saturated rings. The van der Waals surface area contributed by atoms with Crippen LogP contribution in [-0.2, 0) is 4.79 Å². The lowest BCUT2D eigenvalue weighted by atomic mass is 10.2. The van der Waals surface area contributed by atoms with Crippen molar-refractivity contribution in [3.05, 3.63) is 78.9 Å². The van der Waals surface area contributed by atoms with Crippen LogP contribution in [0, 0.1) is 0 Å². The van der Waals surface area contributed by atoms with E-state index in [0.717, 1.165) is 17.2 Å². The molecular weight excluding hydrogens is 392 g/mol. The van der Waals surface area contributed by atoms with E-state index in [-0.39, 0.29) is 18.6 Å². The molecule has 3 aromatic rings. The second-order valence-electron chi connectivity index (χ2n) is 7.10. The normalized spacial score (nSPS) is 10.4. The summed E-state index contributed by atoms with van der Waals surface area (Å²) < 4.78 is 17.1. The maximum absolute atomic E-state index is 12.4. The minimum atomic E-state index is -0.163. The molecule has 6 heteroatoms. The SMILES string of the molecule is CC(C)Oc1ccccc1NCC(=O)Nc1cccc(OCCOc2ccccc2)c1. The molecule has 31 heavy (non-hydrogen) atoms. The smallest absolute Gasteiger partial charge is 0.243 e. The highest BCUT2D eigenvalue weighted by Gasteiger charge is 2.08. The van der Waals surface area contributed by atoms with E-state index >= 15 is 0 Å². The molecule has 0 unspecified atom stereocenters. The zero-order chi connectivity index (χ0) is 21.9. The van der Waals surface area contributed by atoms with Gasteiger partial charge in [0, 0.05) is 11.8 Å². The van der Waals surface area contributed by atoms with Crippen molar-refractivity contribution >= 4 is 17.3 Å². The molecule has 0 saturated heterocycles. The number of benzene rings is 3. The lowest BCUT2D eigenvalue weighted by Gasteiger charge is -2.15. The van der Waals surface area contributed by atoms with Crippen LogP contribution in [0.15, 0.2) is 78.9 Å². The molecular formula is C25H28N2O4. The Hall–Kier alpha value is -3.67. The van der Waals surface area contributed by atoms with E-state index in [2.05, 4.69) is 10.6 Å². The summed E-state index contributed by atoms with van der Waals surface area (Å²) in [6, 6.07) is 24.4. The quantitative estimate of drug-likeness (QED) is 0.428. The van der Waals surface area contributed by atoms with Crippen LogP contribution in [0.2, 0.25) is 0 Å². The van der Waals surface area contributed by atoms with Crippen molar-refractivity contribution in [2.24, 2.45) is 0 Å². The standard InChI is InChI=1S/C25H28N2O4/c1-19(2)31-24-14-7-6-13-23(24)26-18-25(28)27-20-9-8-12-22(17-20)30-16-15-29-21-10-4-3-5-11-21/h3-14,17,19,26H,15-16,18H2,1-2H3,(H,27,28). The Morgan fingerprint density at radius 3 is 2.29 bits per heavy atom. The molecule has 162 valence electrons. The summed E-state index contributed by atoms with van der Waals surface area (Å²) in [5.41, 5.74) is 1.45. The van der Waals surface area contributed by atoms with Gasteiger partial charge in [-0.25, -0.2) is 0 Å². The largest absolute Gasteiger partial charge is 0.490 e. The molecule has 0 atom stereocenters. The minimum Gasteiger partial charge on any atom is -0.490 e. The van der Waals surface area contributed by atoms with Gasteiger partial charge in [0.05, 0.1) is 18.3 Å². The maximum atomic E-state index is 12.4. The molecule has 0 radical (unpaired) electrons. The third-order valence-electron chi connectivity index (χ3n) is 4.17. The van der Waals surface area contributed by atoms with E-state index in [9.17, 15) is 4.79 Å². The third-order valence-corrected chi connectivity index (χ3v) is 4.17. The van der Waals surface area contributed by atoms with Gasteiger partial charge in [0.1, 0.15) is 30.5 Å². The van der Waals surface area contributed by atoms with E-state index in [1.807, 2.05) is 86.6 Å². The maximum Gasteiger partial charge on any atom is 0.243 e. The van der Waals surface area contributed by atoms with Gasteiger partial charge in [-0.1, -0.05) is 36.4 Å². The third kappa shape index (κ3) is 7.59. The number of carbonyl (C=O) groups is 1. The lowest BCUT2D eigenvalue weighted by Crippen LogP contribution is -2.22. The summed E-state index contributed by atoms with van der Waals surface area (Å²) in [6.07, 6.45) is 0.0533. The molecule has 0 aliphatic heterocycles. The number of hydrogen-bond acceptors (Lipinski definition) is 5. The lowest BCUT2D eigenvalue weighted by molar-refractivity contribution is -0.114. The van der Waals surface area contributed by atoms with Crippen LogP contribution in [0.5, 0.6) is 17.2 Å². The second-order valence-corrected chi connectivity index (χ2v) is 7.10. The number of rotatable bonds is 11. The van der Waals surface area contributed by atoms with E-state index in [1.165, 1.54) is 0 Å². The van der Waals surface area contributed by atoms with E-state index in [0.29, 0.717) is 24.7 Å². The molecule has 3 rings (SSSR count). The van der Waals surface area contributed by atoms with Gasteiger partial charge in [0.2, 0.25) is 5.91 Å². The Bertz CT molecular complexity index is 961. The monoisotopic (exact) mass is 420 g/mol. The van der Waals surface area contributed by atoms with Crippen molar-refractivity contribution in [1.82, 2.24) is 0 Å². The number of ether oxygens (including phenoxy) is 3. The summed E-state index contributed by atoms with van der Waals surface area (Å²) >= 11 is 0. The fraction of sp³-hybridized carbons (Fsp3) is 0.240. The summed E-state index contributed by atoms with van der Waals surface area (Å²) in [7, 11) is 0. The molecule has 0 saturated carbocycles. The molecule has 6 nitrogen and oxygen atoms in total. The first kappa shape index (κ1) is 22.0. The highest BCUT2D eigenvalue weighted by Crippen LogP contribution is 2.24. The molecule has 0 aliphatic rings. The first-order valence-electron chi connectivity index (χ1n) is 10.3. The van der Waals surface area contributed by atoms with E-state index < -0.39 is 0 Å². The number of amides is 1. The van der Waals surface area contributed by atoms with Gasteiger partial charge in [0.25, 0.3) is 0 Å². The van der Waals surface area contributed by atoms with Crippen LogP contribution in [0.4, 0.5) is 11.4 Å². The Kier molecular flexibility index (Phi) is 8.17. The summed E-state index contributed by atoms with van der Waals surface area (Å²) in [6.45, 7) is 4.88. The predicted octanol–water partition coefficient (Wildman–Crippen LogP) is 4.98.